The maximum Gasteiger partial charge on any atom is 0.273 e. The molecule has 1 heterocycles. The summed E-state index contributed by atoms with van der Waals surface area (Å²) >= 11 is 8.36. The van der Waals surface area contributed by atoms with E-state index in [1.807, 2.05) is 13.0 Å². The topological polar surface area (TPSA) is 59.6 Å². The lowest BCUT2D eigenvalue weighted by atomic mass is 10.1. The van der Waals surface area contributed by atoms with Crippen LogP contribution in [0.1, 0.15) is 12.5 Å². The molecule has 0 aliphatic carbocycles. The molecule has 7 heteroatoms. The molecule has 0 unspecified atom stereocenters. The fourth-order valence-electron chi connectivity index (χ4n) is 1.87. The summed E-state index contributed by atoms with van der Waals surface area (Å²) in [5, 5.41) is 5.62. The van der Waals surface area contributed by atoms with E-state index >= 15 is 0 Å². The Kier molecular flexibility index (Phi) is 5.57. The smallest absolute Gasteiger partial charge is 0.273 e. The largest absolute Gasteiger partial charge is 0.490 e. The molecular weight excluding hydrogens is 368 g/mol. The van der Waals surface area contributed by atoms with E-state index in [9.17, 15) is 4.79 Å². The molecule has 1 aliphatic heterocycles. The molecule has 0 bridgehead atoms. The Morgan fingerprint density at radius 1 is 1.36 bits per heavy atom. The minimum absolute atomic E-state index is 0.258. The van der Waals surface area contributed by atoms with Crippen molar-refractivity contribution >= 4 is 45.2 Å². The molecule has 1 amide bonds. The zero-order chi connectivity index (χ0) is 16.1. The van der Waals surface area contributed by atoms with Gasteiger partial charge in [0.15, 0.2) is 16.6 Å². The van der Waals surface area contributed by atoms with Gasteiger partial charge in [0.2, 0.25) is 0 Å². The van der Waals surface area contributed by atoms with Gasteiger partial charge in [-0.25, -0.2) is 0 Å². The van der Waals surface area contributed by atoms with Gasteiger partial charge in [-0.15, -0.1) is 0 Å². The Hall–Kier alpha value is -1.86. The summed E-state index contributed by atoms with van der Waals surface area (Å²) in [4.78, 5) is 11.7. The molecule has 22 heavy (non-hydrogen) atoms. The van der Waals surface area contributed by atoms with E-state index in [1.165, 1.54) is 0 Å². The summed E-state index contributed by atoms with van der Waals surface area (Å²) < 4.78 is 11.9. The van der Waals surface area contributed by atoms with Crippen LogP contribution in [-0.4, -0.2) is 24.2 Å². The van der Waals surface area contributed by atoms with E-state index in [1.54, 1.807) is 18.2 Å². The highest BCUT2D eigenvalue weighted by molar-refractivity contribution is 9.10. The Bertz CT molecular complexity index is 658. The van der Waals surface area contributed by atoms with Crippen LogP contribution in [0, 0.1) is 0 Å². The maximum absolute atomic E-state index is 11.7. The van der Waals surface area contributed by atoms with Crippen LogP contribution in [0.15, 0.2) is 35.0 Å². The number of carbonyl (C=O) groups excluding carboxylic acids is 1. The first-order valence-corrected chi connectivity index (χ1v) is 7.79. The van der Waals surface area contributed by atoms with Gasteiger partial charge in [0.1, 0.15) is 12.3 Å². The normalized spacial score (nSPS) is 15.5. The number of ether oxygens (including phenoxy) is 2. The number of hydrogen-bond acceptors (Lipinski definition) is 4. The quantitative estimate of drug-likeness (QED) is 0.450. The second kappa shape index (κ2) is 7.42. The SMILES string of the molecule is C=CCOc1c(Br)cc(/C=C2\NC(=S)NC2=O)cc1OCC. The van der Waals surface area contributed by atoms with E-state index in [-0.39, 0.29) is 5.91 Å². The van der Waals surface area contributed by atoms with Gasteiger partial charge in [-0.05, 0) is 58.8 Å². The number of amides is 1. The van der Waals surface area contributed by atoms with Crippen LogP contribution in [0.5, 0.6) is 11.5 Å². The summed E-state index contributed by atoms with van der Waals surface area (Å²) in [5.74, 6) is 0.931. The van der Waals surface area contributed by atoms with Crippen molar-refractivity contribution in [3.05, 3.63) is 40.5 Å². The van der Waals surface area contributed by atoms with Gasteiger partial charge in [-0.2, -0.15) is 0 Å². The van der Waals surface area contributed by atoms with Crippen molar-refractivity contribution in [2.75, 3.05) is 13.2 Å². The van der Waals surface area contributed by atoms with Crippen LogP contribution >= 0.6 is 28.1 Å². The number of hydrogen-bond donors (Lipinski definition) is 2. The van der Waals surface area contributed by atoms with Crippen molar-refractivity contribution in [2.24, 2.45) is 0 Å². The summed E-state index contributed by atoms with van der Waals surface area (Å²) in [5.41, 5.74) is 1.17. The summed E-state index contributed by atoms with van der Waals surface area (Å²) in [7, 11) is 0. The monoisotopic (exact) mass is 382 g/mol. The van der Waals surface area contributed by atoms with E-state index in [0.29, 0.717) is 35.5 Å². The highest BCUT2D eigenvalue weighted by atomic mass is 79.9. The summed E-state index contributed by atoms with van der Waals surface area (Å²) in [6.45, 7) is 6.39. The van der Waals surface area contributed by atoms with E-state index in [4.69, 9.17) is 21.7 Å². The van der Waals surface area contributed by atoms with E-state index in [0.717, 1.165) is 10.0 Å². The zero-order valence-corrected chi connectivity index (χ0v) is 14.3. The van der Waals surface area contributed by atoms with Crippen LogP contribution in [0.4, 0.5) is 0 Å². The van der Waals surface area contributed by atoms with Crippen LogP contribution < -0.4 is 20.1 Å². The van der Waals surface area contributed by atoms with Crippen LogP contribution in [0.25, 0.3) is 6.08 Å². The number of benzene rings is 1. The van der Waals surface area contributed by atoms with Crippen molar-refractivity contribution in [3.8, 4) is 11.5 Å². The minimum Gasteiger partial charge on any atom is -0.490 e. The highest BCUT2D eigenvalue weighted by Crippen LogP contribution is 2.37. The second-order valence-corrected chi connectivity index (χ2v) is 5.59. The predicted molar refractivity (Wildman–Crippen MR) is 92.9 cm³/mol. The Labute approximate surface area is 142 Å². The summed E-state index contributed by atoms with van der Waals surface area (Å²) in [6.07, 6.45) is 3.35. The molecular formula is C15H15BrN2O3S. The molecule has 0 radical (unpaired) electrons. The average molecular weight is 383 g/mol. The lowest BCUT2D eigenvalue weighted by Gasteiger charge is -2.13. The summed E-state index contributed by atoms with van der Waals surface area (Å²) in [6, 6.07) is 3.64. The van der Waals surface area contributed by atoms with Gasteiger partial charge in [0.25, 0.3) is 5.91 Å². The molecule has 2 N–H and O–H groups in total. The number of thiocarbonyl (C=S) groups is 1. The lowest BCUT2D eigenvalue weighted by molar-refractivity contribution is -0.115. The van der Waals surface area contributed by atoms with Gasteiger partial charge >= 0.3 is 0 Å². The Morgan fingerprint density at radius 3 is 2.73 bits per heavy atom. The molecule has 2 rings (SSSR count). The Balaban J connectivity index is 2.37. The molecule has 5 nitrogen and oxygen atoms in total. The first-order valence-electron chi connectivity index (χ1n) is 6.59. The molecule has 0 spiro atoms. The Morgan fingerprint density at radius 2 is 2.14 bits per heavy atom. The van der Waals surface area contributed by atoms with Gasteiger partial charge in [-0.1, -0.05) is 12.7 Å². The number of halogens is 1. The molecule has 1 aliphatic rings. The lowest BCUT2D eigenvalue weighted by Crippen LogP contribution is -2.21. The molecule has 1 saturated heterocycles. The molecule has 1 aromatic rings. The van der Waals surface area contributed by atoms with Gasteiger partial charge in [0, 0.05) is 0 Å². The molecule has 1 fully saturated rings. The van der Waals surface area contributed by atoms with Crippen molar-refractivity contribution in [1.29, 1.82) is 0 Å². The van der Waals surface area contributed by atoms with E-state index in [2.05, 4.69) is 33.1 Å². The predicted octanol–water partition coefficient (Wildman–Crippen LogP) is 2.76. The molecule has 0 aromatic heterocycles. The maximum atomic E-state index is 11.7. The average Bonchev–Trinajstić information content (AvgIpc) is 2.76. The van der Waals surface area contributed by atoms with E-state index < -0.39 is 0 Å². The number of rotatable bonds is 6. The first-order chi connectivity index (χ1) is 10.5. The van der Waals surface area contributed by atoms with Gasteiger partial charge in [0.05, 0.1) is 11.1 Å². The molecule has 0 saturated carbocycles. The zero-order valence-electron chi connectivity index (χ0n) is 11.9. The third-order valence-corrected chi connectivity index (χ3v) is 3.50. The second-order valence-electron chi connectivity index (χ2n) is 4.33. The molecule has 1 aromatic carbocycles. The van der Waals surface area contributed by atoms with Crippen LogP contribution in [0.3, 0.4) is 0 Å². The highest BCUT2D eigenvalue weighted by Gasteiger charge is 2.20. The fraction of sp³-hybridized carbons (Fsp3) is 0.200. The number of nitrogens with one attached hydrogen (secondary N) is 2. The third kappa shape index (κ3) is 3.86. The minimum atomic E-state index is -0.258. The van der Waals surface area contributed by atoms with Gasteiger partial charge in [-0.3, -0.25) is 10.1 Å². The number of carbonyl (C=O) groups is 1. The van der Waals surface area contributed by atoms with Crippen molar-refractivity contribution in [3.63, 3.8) is 0 Å². The van der Waals surface area contributed by atoms with Crippen molar-refractivity contribution in [2.45, 2.75) is 6.92 Å². The fourth-order valence-corrected chi connectivity index (χ4v) is 2.64. The van der Waals surface area contributed by atoms with Crippen molar-refractivity contribution in [1.82, 2.24) is 10.6 Å². The first kappa shape index (κ1) is 16.5. The van der Waals surface area contributed by atoms with Crippen molar-refractivity contribution < 1.29 is 14.3 Å². The van der Waals surface area contributed by atoms with Gasteiger partial charge < -0.3 is 14.8 Å². The molecule has 116 valence electrons. The molecule has 0 atom stereocenters. The standard InChI is InChI=1S/C15H15BrN2O3S/c1-3-5-21-13-10(16)6-9(8-12(13)20-4-2)7-11-14(19)18-15(22)17-11/h3,6-8H,1,4-5H2,2H3,(H2,17,18,19,22)/b11-7-. The van der Waals surface area contributed by atoms with Crippen LogP contribution in [0.2, 0.25) is 0 Å². The van der Waals surface area contributed by atoms with Crippen LogP contribution in [-0.2, 0) is 4.79 Å². The third-order valence-electron chi connectivity index (χ3n) is 2.71.